The van der Waals surface area contributed by atoms with Crippen LogP contribution in [0, 0.1) is 6.92 Å². The number of carbonyl (C=O) groups is 2. The molecule has 1 amide bonds. The van der Waals surface area contributed by atoms with E-state index < -0.39 is 29.3 Å². The predicted molar refractivity (Wildman–Crippen MR) is 181 cm³/mol. The van der Waals surface area contributed by atoms with Gasteiger partial charge in [-0.05, 0) is 59.1 Å². The van der Waals surface area contributed by atoms with Gasteiger partial charge in [-0.2, -0.15) is 4.98 Å². The summed E-state index contributed by atoms with van der Waals surface area (Å²) in [6.45, 7) is 10.4. The number of halogens is 2. The maximum Gasteiger partial charge on any atom is 0.343 e. The summed E-state index contributed by atoms with van der Waals surface area (Å²) in [5.74, 6) is -3.12. The highest BCUT2D eigenvalue weighted by Crippen LogP contribution is 2.59. The number of anilines is 6. The molecule has 1 saturated carbocycles. The van der Waals surface area contributed by atoms with E-state index in [0.29, 0.717) is 46.4 Å². The van der Waals surface area contributed by atoms with Crippen LogP contribution in [0.3, 0.4) is 0 Å². The molecule has 0 unspecified atom stereocenters. The monoisotopic (exact) mass is 664 g/mol. The lowest BCUT2D eigenvalue weighted by molar-refractivity contribution is -0.122. The molecule has 1 aliphatic heterocycles. The van der Waals surface area contributed by atoms with Gasteiger partial charge in [-0.1, -0.05) is 6.58 Å². The van der Waals surface area contributed by atoms with Gasteiger partial charge in [-0.25, -0.2) is 18.6 Å². The predicted octanol–water partition coefficient (Wildman–Crippen LogP) is 5.44. The summed E-state index contributed by atoms with van der Waals surface area (Å²) >= 11 is 0. The molecule has 1 aliphatic carbocycles. The van der Waals surface area contributed by atoms with E-state index in [2.05, 4.69) is 32.1 Å². The van der Waals surface area contributed by atoms with Crippen LogP contribution < -0.4 is 25.2 Å². The number of aromatic nitrogens is 3. The standard InChI is InChI=1S/C34H42F2N8O4/c1-9-28(45)39-23-14-24(27(47-8)15-26(23)43(7)13-12-42(5)6)40-32-37-16-22(31(46)48-20(2)3)30(41-32)44-19-33(17-34(35,36)18-33)29-25(44)11-10-21(4)38-29/h9-11,14-16,20H,1,12-13,17-19H2,2-8H3,(H,39,45)(H,37,40,41). The molecule has 3 heterocycles. The van der Waals surface area contributed by atoms with E-state index in [1.54, 1.807) is 36.9 Å². The van der Waals surface area contributed by atoms with Crippen LogP contribution in [0.1, 0.15) is 48.4 Å². The summed E-state index contributed by atoms with van der Waals surface area (Å²) in [4.78, 5) is 45.4. The number of carbonyl (C=O) groups excluding carboxylic acids is 2. The minimum atomic E-state index is -2.81. The second-order valence-electron chi connectivity index (χ2n) is 12.9. The van der Waals surface area contributed by atoms with Gasteiger partial charge in [0.15, 0.2) is 5.82 Å². The van der Waals surface area contributed by atoms with Crippen molar-refractivity contribution in [2.24, 2.45) is 0 Å². The van der Waals surface area contributed by atoms with Gasteiger partial charge in [0.2, 0.25) is 17.8 Å². The lowest BCUT2D eigenvalue weighted by atomic mass is 9.65. The molecule has 1 spiro atoms. The zero-order valence-electron chi connectivity index (χ0n) is 28.4. The van der Waals surface area contributed by atoms with Gasteiger partial charge >= 0.3 is 5.97 Å². The van der Waals surface area contributed by atoms with Crippen LogP contribution in [0.4, 0.5) is 43.3 Å². The highest BCUT2D eigenvalue weighted by atomic mass is 19.3. The van der Waals surface area contributed by atoms with E-state index in [-0.39, 0.29) is 36.7 Å². The van der Waals surface area contributed by atoms with Gasteiger partial charge in [-0.3, -0.25) is 9.78 Å². The van der Waals surface area contributed by atoms with E-state index in [9.17, 15) is 18.4 Å². The smallest absolute Gasteiger partial charge is 0.343 e. The molecule has 48 heavy (non-hydrogen) atoms. The van der Waals surface area contributed by atoms with Crippen LogP contribution >= 0.6 is 0 Å². The van der Waals surface area contributed by atoms with E-state index >= 15 is 0 Å². The number of hydrogen-bond acceptors (Lipinski definition) is 11. The fraction of sp³-hybridized carbons (Fsp3) is 0.441. The molecule has 2 aromatic heterocycles. The molecular formula is C34H42F2N8O4. The Balaban J connectivity index is 1.58. The molecule has 1 fully saturated rings. The third-order valence-electron chi connectivity index (χ3n) is 8.35. The molecule has 1 aromatic carbocycles. The van der Waals surface area contributed by atoms with Crippen molar-refractivity contribution in [3.05, 3.63) is 60.1 Å². The number of methoxy groups -OCH3 is 1. The number of likely N-dealkylation sites (N-methyl/N-ethyl adjacent to an activating group) is 2. The fourth-order valence-electron chi connectivity index (χ4n) is 6.11. The Morgan fingerprint density at radius 1 is 1.12 bits per heavy atom. The van der Waals surface area contributed by atoms with Crippen molar-refractivity contribution in [1.82, 2.24) is 19.9 Å². The molecule has 2 N–H and O–H groups in total. The SMILES string of the molecule is C=CC(=O)Nc1cc(Nc2ncc(C(=O)OC(C)C)c(N3CC4(CC(F)(F)C4)c4nc(C)ccc43)n2)c(OC)cc1N(C)CCN(C)C. The van der Waals surface area contributed by atoms with Crippen molar-refractivity contribution in [2.45, 2.75) is 51.1 Å². The second-order valence-corrected chi connectivity index (χ2v) is 12.9. The number of nitrogens with zero attached hydrogens (tertiary/aromatic N) is 6. The highest BCUT2D eigenvalue weighted by Gasteiger charge is 2.62. The van der Waals surface area contributed by atoms with Gasteiger partial charge in [-0.15, -0.1) is 0 Å². The molecule has 12 nitrogen and oxygen atoms in total. The summed E-state index contributed by atoms with van der Waals surface area (Å²) in [7, 11) is 7.38. The van der Waals surface area contributed by atoms with E-state index in [4.69, 9.17) is 14.5 Å². The number of nitrogens with one attached hydrogen (secondary N) is 2. The topological polar surface area (TPSA) is 125 Å². The molecule has 2 aliphatic rings. The Morgan fingerprint density at radius 2 is 1.85 bits per heavy atom. The molecule has 3 aromatic rings. The maximum atomic E-state index is 14.4. The number of benzene rings is 1. The third-order valence-corrected chi connectivity index (χ3v) is 8.35. The first-order valence-corrected chi connectivity index (χ1v) is 15.6. The number of hydrogen-bond donors (Lipinski definition) is 2. The number of pyridine rings is 1. The normalized spacial score (nSPS) is 15.6. The largest absolute Gasteiger partial charge is 0.494 e. The maximum absolute atomic E-state index is 14.4. The number of fused-ring (bicyclic) bond motifs is 2. The molecule has 256 valence electrons. The molecular weight excluding hydrogens is 622 g/mol. The molecule has 0 bridgehead atoms. The Morgan fingerprint density at radius 3 is 2.48 bits per heavy atom. The highest BCUT2D eigenvalue weighted by molar-refractivity contribution is 6.02. The van der Waals surface area contributed by atoms with Crippen molar-refractivity contribution < 1.29 is 27.8 Å². The van der Waals surface area contributed by atoms with Gasteiger partial charge < -0.3 is 34.8 Å². The van der Waals surface area contributed by atoms with Crippen LogP contribution in [0.25, 0.3) is 0 Å². The Kier molecular flexibility index (Phi) is 9.58. The minimum Gasteiger partial charge on any atom is -0.494 e. The van der Waals surface area contributed by atoms with Crippen molar-refractivity contribution in [1.29, 1.82) is 0 Å². The van der Waals surface area contributed by atoms with Gasteiger partial charge in [0.1, 0.15) is 11.3 Å². The van der Waals surface area contributed by atoms with E-state index in [0.717, 1.165) is 6.54 Å². The van der Waals surface area contributed by atoms with Crippen LogP contribution in [-0.2, 0) is 14.9 Å². The number of ether oxygens (including phenoxy) is 2. The molecule has 0 atom stereocenters. The van der Waals surface area contributed by atoms with Crippen molar-refractivity contribution in [3.63, 3.8) is 0 Å². The number of esters is 1. The van der Waals surface area contributed by atoms with Gasteiger partial charge in [0, 0.05) is 62.9 Å². The first kappa shape index (κ1) is 34.5. The van der Waals surface area contributed by atoms with Crippen LogP contribution in [0.2, 0.25) is 0 Å². The number of rotatable bonds is 12. The lowest BCUT2D eigenvalue weighted by Crippen LogP contribution is -2.52. The first-order chi connectivity index (χ1) is 22.6. The van der Waals surface area contributed by atoms with Crippen LogP contribution in [0.5, 0.6) is 5.75 Å². The molecule has 0 radical (unpaired) electrons. The Hall–Kier alpha value is -4.85. The number of aryl methyl sites for hydroxylation is 1. The fourth-order valence-corrected chi connectivity index (χ4v) is 6.11. The first-order valence-electron chi connectivity index (χ1n) is 15.6. The molecule has 5 rings (SSSR count). The zero-order valence-corrected chi connectivity index (χ0v) is 28.4. The summed E-state index contributed by atoms with van der Waals surface area (Å²) in [6.07, 6.45) is 1.41. The third kappa shape index (κ3) is 7.03. The van der Waals surface area contributed by atoms with Crippen LogP contribution in [0.15, 0.2) is 43.1 Å². The molecule has 0 saturated heterocycles. The Labute approximate surface area is 279 Å². The van der Waals surface area contributed by atoms with Crippen molar-refractivity contribution in [2.75, 3.05) is 68.3 Å². The van der Waals surface area contributed by atoms with Crippen LogP contribution in [-0.4, -0.2) is 91.6 Å². The quantitative estimate of drug-likeness (QED) is 0.190. The summed E-state index contributed by atoms with van der Waals surface area (Å²) in [6, 6.07) is 7.11. The zero-order chi connectivity index (χ0) is 35.0. The van der Waals surface area contributed by atoms with Gasteiger partial charge in [0.05, 0.1) is 41.7 Å². The lowest BCUT2D eigenvalue weighted by Gasteiger charge is -2.44. The summed E-state index contributed by atoms with van der Waals surface area (Å²) < 4.78 is 40.0. The minimum absolute atomic E-state index is 0.0765. The van der Waals surface area contributed by atoms with E-state index in [1.807, 2.05) is 39.0 Å². The molecule has 14 heteroatoms. The average molecular weight is 665 g/mol. The average Bonchev–Trinajstić information content (AvgIpc) is 3.32. The van der Waals surface area contributed by atoms with Gasteiger partial charge in [0.25, 0.3) is 0 Å². The van der Waals surface area contributed by atoms with E-state index in [1.165, 1.54) is 19.4 Å². The second kappa shape index (κ2) is 13.3. The summed E-state index contributed by atoms with van der Waals surface area (Å²) in [5.41, 5.74) is 2.67. The van der Waals surface area contributed by atoms with Crippen molar-refractivity contribution in [3.8, 4) is 5.75 Å². The number of alkyl halides is 2. The van der Waals surface area contributed by atoms with Crippen molar-refractivity contribution >= 4 is 46.4 Å². The Bertz CT molecular complexity index is 1720. The summed E-state index contributed by atoms with van der Waals surface area (Å²) in [5, 5.41) is 6.03. The number of amides is 1.